The molecular weight excluding hydrogens is 260 g/mol. The molecule has 0 aliphatic heterocycles. The lowest BCUT2D eigenvalue weighted by Gasteiger charge is -2.36. The van der Waals surface area contributed by atoms with Crippen molar-refractivity contribution in [1.29, 1.82) is 0 Å². The summed E-state index contributed by atoms with van der Waals surface area (Å²) in [6.07, 6.45) is -4.01. The van der Waals surface area contributed by atoms with Gasteiger partial charge in [0, 0.05) is 5.92 Å². The highest BCUT2D eigenvalue weighted by Gasteiger charge is 2.47. The Hall–Kier alpha value is -1.10. The molecule has 1 aromatic carbocycles. The molecule has 0 aromatic heterocycles. The van der Waals surface area contributed by atoms with Crippen molar-refractivity contribution in [3.63, 3.8) is 0 Å². The highest BCUT2D eigenvalue weighted by molar-refractivity contribution is 5.20. The van der Waals surface area contributed by atoms with Gasteiger partial charge in [-0.2, -0.15) is 13.2 Å². The van der Waals surface area contributed by atoms with Gasteiger partial charge in [-0.1, -0.05) is 25.0 Å². The molecule has 0 saturated heterocycles. The molecule has 2 rings (SSSR count). The molecule has 1 N–H and O–H groups in total. The van der Waals surface area contributed by atoms with E-state index in [1.807, 2.05) is 0 Å². The molecule has 0 heterocycles. The van der Waals surface area contributed by atoms with Crippen LogP contribution in [0.2, 0.25) is 0 Å². The van der Waals surface area contributed by atoms with Gasteiger partial charge in [0.2, 0.25) is 0 Å². The fraction of sp³-hybridized carbons (Fsp3) is 0.571. The maximum absolute atomic E-state index is 13.1. The van der Waals surface area contributed by atoms with Crippen molar-refractivity contribution >= 4 is 0 Å². The number of alkyl halides is 3. The van der Waals surface area contributed by atoms with Crippen LogP contribution in [0.15, 0.2) is 24.3 Å². The molecule has 1 saturated carbocycles. The summed E-state index contributed by atoms with van der Waals surface area (Å²) in [5, 5.41) is 10.1. The summed E-state index contributed by atoms with van der Waals surface area (Å²) in [5.41, 5.74) is 0.223. The highest BCUT2D eigenvalue weighted by atomic mass is 19.4. The Morgan fingerprint density at radius 1 is 1.16 bits per heavy atom. The van der Waals surface area contributed by atoms with Crippen molar-refractivity contribution in [1.82, 2.24) is 0 Å². The SMILES string of the molecule is OC(c1cccc(F)c1)C1CCCCC1C(F)(F)F. The molecule has 5 heteroatoms. The van der Waals surface area contributed by atoms with Gasteiger partial charge >= 0.3 is 6.18 Å². The number of halogens is 4. The Balaban J connectivity index is 2.22. The van der Waals surface area contributed by atoms with Crippen LogP contribution in [-0.4, -0.2) is 11.3 Å². The maximum Gasteiger partial charge on any atom is 0.392 e. The topological polar surface area (TPSA) is 20.2 Å². The lowest BCUT2D eigenvalue weighted by atomic mass is 9.74. The van der Waals surface area contributed by atoms with E-state index in [9.17, 15) is 22.7 Å². The lowest BCUT2D eigenvalue weighted by Crippen LogP contribution is -2.36. The minimum absolute atomic E-state index is 0.0422. The Morgan fingerprint density at radius 2 is 1.84 bits per heavy atom. The largest absolute Gasteiger partial charge is 0.392 e. The molecule has 0 radical (unpaired) electrons. The summed E-state index contributed by atoms with van der Waals surface area (Å²) in [4.78, 5) is 0. The van der Waals surface area contributed by atoms with Crippen LogP contribution in [0.4, 0.5) is 17.6 Å². The second-order valence-corrected chi connectivity index (χ2v) is 5.10. The van der Waals surface area contributed by atoms with Crippen molar-refractivity contribution in [2.45, 2.75) is 38.0 Å². The van der Waals surface area contributed by atoms with Gasteiger partial charge in [-0.05, 0) is 30.5 Å². The minimum atomic E-state index is -4.31. The zero-order chi connectivity index (χ0) is 14.0. The summed E-state index contributed by atoms with van der Waals surface area (Å²) >= 11 is 0. The first-order valence-electron chi connectivity index (χ1n) is 6.40. The van der Waals surface area contributed by atoms with E-state index in [4.69, 9.17) is 0 Å². The van der Waals surface area contributed by atoms with E-state index in [1.165, 1.54) is 18.2 Å². The summed E-state index contributed by atoms with van der Waals surface area (Å²) in [6.45, 7) is 0. The van der Waals surface area contributed by atoms with E-state index in [1.54, 1.807) is 0 Å². The summed E-state index contributed by atoms with van der Waals surface area (Å²) in [7, 11) is 0. The van der Waals surface area contributed by atoms with E-state index in [2.05, 4.69) is 0 Å². The Kier molecular flexibility index (Phi) is 4.13. The van der Waals surface area contributed by atoms with Gasteiger partial charge in [-0.15, -0.1) is 0 Å². The van der Waals surface area contributed by atoms with E-state index in [0.29, 0.717) is 19.3 Å². The lowest BCUT2D eigenvalue weighted by molar-refractivity contribution is -0.207. The molecule has 1 aliphatic rings. The predicted molar refractivity (Wildman–Crippen MR) is 62.9 cm³/mol. The molecule has 19 heavy (non-hydrogen) atoms. The molecule has 1 aliphatic carbocycles. The third kappa shape index (κ3) is 3.26. The molecule has 0 amide bonds. The van der Waals surface area contributed by atoms with E-state index >= 15 is 0 Å². The van der Waals surface area contributed by atoms with Gasteiger partial charge in [-0.3, -0.25) is 0 Å². The number of hydrogen-bond acceptors (Lipinski definition) is 1. The summed E-state index contributed by atoms with van der Waals surface area (Å²) < 4.78 is 52.0. The van der Waals surface area contributed by atoms with Crippen molar-refractivity contribution in [3.05, 3.63) is 35.6 Å². The number of aliphatic hydroxyl groups excluding tert-OH is 1. The third-order valence-corrected chi connectivity index (χ3v) is 3.84. The van der Waals surface area contributed by atoms with Crippen LogP contribution in [0, 0.1) is 17.7 Å². The van der Waals surface area contributed by atoms with Crippen LogP contribution in [-0.2, 0) is 0 Å². The number of rotatable bonds is 2. The van der Waals surface area contributed by atoms with E-state index < -0.39 is 29.9 Å². The van der Waals surface area contributed by atoms with Crippen LogP contribution in [0.25, 0.3) is 0 Å². The molecule has 3 atom stereocenters. The Labute approximate surface area is 109 Å². The van der Waals surface area contributed by atoms with Gasteiger partial charge in [0.15, 0.2) is 0 Å². The van der Waals surface area contributed by atoms with E-state index in [-0.39, 0.29) is 12.0 Å². The molecule has 1 nitrogen and oxygen atoms in total. The van der Waals surface area contributed by atoms with Gasteiger partial charge in [-0.25, -0.2) is 4.39 Å². The third-order valence-electron chi connectivity index (χ3n) is 3.84. The molecule has 1 fully saturated rings. The quantitative estimate of drug-likeness (QED) is 0.801. The highest BCUT2D eigenvalue weighted by Crippen LogP contribution is 2.46. The van der Waals surface area contributed by atoms with Gasteiger partial charge < -0.3 is 5.11 Å². The first kappa shape index (κ1) is 14.3. The predicted octanol–water partition coefficient (Wildman–Crippen LogP) is 4.23. The number of hydrogen-bond donors (Lipinski definition) is 1. The van der Waals surface area contributed by atoms with Gasteiger partial charge in [0.1, 0.15) is 5.82 Å². The minimum Gasteiger partial charge on any atom is -0.388 e. The number of benzene rings is 1. The summed E-state index contributed by atoms with van der Waals surface area (Å²) in [6, 6.07) is 5.18. The molecule has 1 aromatic rings. The van der Waals surface area contributed by atoms with Crippen LogP contribution >= 0.6 is 0 Å². The first-order valence-corrected chi connectivity index (χ1v) is 6.40. The number of aliphatic hydroxyl groups is 1. The van der Waals surface area contributed by atoms with Crippen LogP contribution in [0.1, 0.15) is 37.4 Å². The first-order chi connectivity index (χ1) is 8.89. The molecule has 106 valence electrons. The van der Waals surface area contributed by atoms with Crippen LogP contribution in [0.3, 0.4) is 0 Å². The second kappa shape index (κ2) is 5.49. The van der Waals surface area contributed by atoms with Gasteiger partial charge in [0.05, 0.1) is 12.0 Å². The zero-order valence-corrected chi connectivity index (χ0v) is 10.3. The van der Waals surface area contributed by atoms with Gasteiger partial charge in [0.25, 0.3) is 0 Å². The average molecular weight is 276 g/mol. The molecular formula is C14H16F4O. The van der Waals surface area contributed by atoms with Crippen molar-refractivity contribution in [2.24, 2.45) is 11.8 Å². The zero-order valence-electron chi connectivity index (χ0n) is 10.3. The summed E-state index contributed by atoms with van der Waals surface area (Å²) in [5.74, 6) is -2.93. The average Bonchev–Trinajstić information content (AvgIpc) is 2.37. The smallest absolute Gasteiger partial charge is 0.388 e. The van der Waals surface area contributed by atoms with Crippen LogP contribution < -0.4 is 0 Å². The fourth-order valence-corrected chi connectivity index (χ4v) is 2.88. The standard InChI is InChI=1S/C14H16F4O/c15-10-5-3-4-9(8-10)13(19)11-6-1-2-7-12(11)14(16,17)18/h3-5,8,11-13,19H,1-2,6-7H2. The Morgan fingerprint density at radius 3 is 2.47 bits per heavy atom. The molecule has 3 unspecified atom stereocenters. The van der Waals surface area contributed by atoms with Crippen molar-refractivity contribution in [2.75, 3.05) is 0 Å². The second-order valence-electron chi connectivity index (χ2n) is 5.10. The van der Waals surface area contributed by atoms with Crippen LogP contribution in [0.5, 0.6) is 0 Å². The molecule has 0 bridgehead atoms. The van der Waals surface area contributed by atoms with E-state index in [0.717, 1.165) is 6.07 Å². The molecule has 0 spiro atoms. The normalized spacial score (nSPS) is 26.2. The monoisotopic (exact) mass is 276 g/mol. The van der Waals surface area contributed by atoms with Crippen molar-refractivity contribution in [3.8, 4) is 0 Å². The Bertz CT molecular complexity index is 430. The van der Waals surface area contributed by atoms with Crippen molar-refractivity contribution < 1.29 is 22.7 Å². The fourth-order valence-electron chi connectivity index (χ4n) is 2.88. The maximum atomic E-state index is 13.1.